The summed E-state index contributed by atoms with van der Waals surface area (Å²) in [6.45, 7) is 2.60. The highest BCUT2D eigenvalue weighted by molar-refractivity contribution is 5.59. The summed E-state index contributed by atoms with van der Waals surface area (Å²) in [5, 5.41) is 0. The van der Waals surface area contributed by atoms with Gasteiger partial charge in [-0.2, -0.15) is 0 Å². The molecule has 1 heterocycles. The van der Waals surface area contributed by atoms with Crippen LogP contribution in [0.2, 0.25) is 0 Å². The molecule has 1 aromatic carbocycles. The molecule has 0 radical (unpaired) electrons. The Labute approximate surface area is 102 Å². The summed E-state index contributed by atoms with van der Waals surface area (Å²) < 4.78 is 0. The molecular weight excluding hydrogens is 210 g/mol. The van der Waals surface area contributed by atoms with E-state index >= 15 is 0 Å². The van der Waals surface area contributed by atoms with Gasteiger partial charge >= 0.3 is 0 Å². The molecule has 88 valence electrons. The predicted molar refractivity (Wildman–Crippen MR) is 71.4 cm³/mol. The summed E-state index contributed by atoms with van der Waals surface area (Å²) in [6, 6.07) is 12.2. The maximum absolute atomic E-state index is 5.63. The molecule has 0 saturated heterocycles. The van der Waals surface area contributed by atoms with Crippen molar-refractivity contribution in [3.05, 3.63) is 53.7 Å². The first-order chi connectivity index (χ1) is 8.22. The van der Waals surface area contributed by atoms with E-state index < -0.39 is 0 Å². The van der Waals surface area contributed by atoms with Crippen molar-refractivity contribution >= 4 is 11.5 Å². The fraction of sp³-hybridized carbons (Fsp3) is 0.214. The monoisotopic (exact) mass is 227 g/mol. The molecule has 0 aliphatic carbocycles. The second-order valence-electron chi connectivity index (χ2n) is 4.07. The number of aryl methyl sites for hydroxylation is 1. The molecule has 2 aromatic rings. The van der Waals surface area contributed by atoms with Gasteiger partial charge < -0.3 is 10.6 Å². The Kier molecular flexibility index (Phi) is 3.40. The Morgan fingerprint density at radius 2 is 1.94 bits per heavy atom. The molecule has 0 bridgehead atoms. The molecule has 0 unspecified atom stereocenters. The van der Waals surface area contributed by atoms with Crippen LogP contribution in [-0.4, -0.2) is 12.0 Å². The van der Waals surface area contributed by atoms with Gasteiger partial charge in [-0.05, 0) is 36.2 Å². The van der Waals surface area contributed by atoms with Crippen LogP contribution in [0.25, 0.3) is 0 Å². The number of aromatic nitrogens is 1. The standard InChI is InChI=1S/C14H17N3/c1-11-8-14(16-10-12(11)9-15)17(2)13-6-4-3-5-7-13/h3-8,10H,9,15H2,1-2H3. The average Bonchev–Trinajstić information content (AvgIpc) is 2.39. The van der Waals surface area contributed by atoms with Crippen molar-refractivity contribution in [2.45, 2.75) is 13.5 Å². The number of nitrogens with two attached hydrogens (primary N) is 1. The van der Waals surface area contributed by atoms with E-state index in [9.17, 15) is 0 Å². The number of hydrogen-bond donors (Lipinski definition) is 1. The first-order valence-electron chi connectivity index (χ1n) is 5.66. The zero-order valence-corrected chi connectivity index (χ0v) is 10.2. The molecule has 2 N–H and O–H groups in total. The third kappa shape index (κ3) is 2.45. The van der Waals surface area contributed by atoms with E-state index in [1.807, 2.05) is 31.4 Å². The number of para-hydroxylation sites is 1. The van der Waals surface area contributed by atoms with Crippen molar-refractivity contribution in [2.75, 3.05) is 11.9 Å². The van der Waals surface area contributed by atoms with Gasteiger partial charge in [0, 0.05) is 25.5 Å². The van der Waals surface area contributed by atoms with E-state index in [4.69, 9.17) is 5.73 Å². The molecule has 1 aromatic heterocycles. The van der Waals surface area contributed by atoms with Crippen molar-refractivity contribution < 1.29 is 0 Å². The van der Waals surface area contributed by atoms with Crippen LogP contribution in [0, 0.1) is 6.92 Å². The Balaban J connectivity index is 2.32. The summed E-state index contributed by atoms with van der Waals surface area (Å²) in [4.78, 5) is 6.50. The quantitative estimate of drug-likeness (QED) is 0.876. The molecule has 3 nitrogen and oxygen atoms in total. The summed E-state index contributed by atoms with van der Waals surface area (Å²) in [6.07, 6.45) is 1.85. The molecule has 0 fully saturated rings. The van der Waals surface area contributed by atoms with Crippen LogP contribution in [0.3, 0.4) is 0 Å². The third-order valence-electron chi connectivity index (χ3n) is 2.91. The molecule has 0 amide bonds. The molecule has 0 saturated carbocycles. The molecular formula is C14H17N3. The topological polar surface area (TPSA) is 42.2 Å². The highest BCUT2D eigenvalue weighted by Crippen LogP contribution is 2.22. The van der Waals surface area contributed by atoms with Gasteiger partial charge in [-0.25, -0.2) is 4.98 Å². The minimum atomic E-state index is 0.536. The van der Waals surface area contributed by atoms with E-state index in [1.165, 1.54) is 5.56 Å². The highest BCUT2D eigenvalue weighted by Gasteiger charge is 2.06. The normalized spacial score (nSPS) is 10.3. The highest BCUT2D eigenvalue weighted by atomic mass is 15.2. The molecule has 0 aliphatic rings. The van der Waals surface area contributed by atoms with Gasteiger partial charge in [0.15, 0.2) is 0 Å². The Morgan fingerprint density at radius 1 is 1.24 bits per heavy atom. The van der Waals surface area contributed by atoms with E-state index in [0.717, 1.165) is 17.1 Å². The van der Waals surface area contributed by atoms with Crippen LogP contribution in [0.5, 0.6) is 0 Å². The molecule has 3 heteroatoms. The molecule has 0 aliphatic heterocycles. The molecule has 0 spiro atoms. The lowest BCUT2D eigenvalue weighted by Crippen LogP contribution is -2.12. The van der Waals surface area contributed by atoms with Gasteiger partial charge in [-0.1, -0.05) is 18.2 Å². The maximum atomic E-state index is 5.63. The van der Waals surface area contributed by atoms with E-state index in [1.54, 1.807) is 0 Å². The van der Waals surface area contributed by atoms with E-state index in [2.05, 4.69) is 35.0 Å². The number of anilines is 2. The van der Waals surface area contributed by atoms with Gasteiger partial charge in [-0.15, -0.1) is 0 Å². The van der Waals surface area contributed by atoms with Crippen molar-refractivity contribution in [2.24, 2.45) is 5.73 Å². The van der Waals surface area contributed by atoms with Crippen molar-refractivity contribution in [1.29, 1.82) is 0 Å². The summed E-state index contributed by atoms with van der Waals surface area (Å²) in [5.74, 6) is 0.936. The fourth-order valence-corrected chi connectivity index (χ4v) is 1.75. The number of hydrogen-bond acceptors (Lipinski definition) is 3. The van der Waals surface area contributed by atoms with Crippen LogP contribution in [0.15, 0.2) is 42.6 Å². The Bertz CT molecular complexity index is 494. The van der Waals surface area contributed by atoms with Crippen LogP contribution in [0.1, 0.15) is 11.1 Å². The van der Waals surface area contributed by atoms with E-state index in [0.29, 0.717) is 6.54 Å². The Morgan fingerprint density at radius 3 is 2.53 bits per heavy atom. The van der Waals surface area contributed by atoms with Gasteiger partial charge in [-0.3, -0.25) is 0 Å². The number of benzene rings is 1. The second kappa shape index (κ2) is 4.97. The minimum Gasteiger partial charge on any atom is -0.329 e. The van der Waals surface area contributed by atoms with Crippen molar-refractivity contribution in [1.82, 2.24) is 4.98 Å². The lowest BCUT2D eigenvalue weighted by Gasteiger charge is -2.19. The number of rotatable bonds is 3. The SMILES string of the molecule is Cc1cc(N(C)c2ccccc2)ncc1CN. The molecule has 2 rings (SSSR count). The van der Waals surface area contributed by atoms with Crippen LogP contribution in [-0.2, 0) is 6.54 Å². The second-order valence-corrected chi connectivity index (χ2v) is 4.07. The summed E-state index contributed by atoms with van der Waals surface area (Å²) >= 11 is 0. The predicted octanol–water partition coefficient (Wildman–Crippen LogP) is 2.62. The number of pyridine rings is 1. The van der Waals surface area contributed by atoms with Crippen LogP contribution < -0.4 is 10.6 Å². The van der Waals surface area contributed by atoms with Crippen LogP contribution >= 0.6 is 0 Å². The maximum Gasteiger partial charge on any atom is 0.132 e. The Hall–Kier alpha value is -1.87. The van der Waals surface area contributed by atoms with Crippen LogP contribution in [0.4, 0.5) is 11.5 Å². The lowest BCUT2D eigenvalue weighted by atomic mass is 10.1. The summed E-state index contributed by atoms with van der Waals surface area (Å²) in [7, 11) is 2.01. The van der Waals surface area contributed by atoms with Gasteiger partial charge in [0.25, 0.3) is 0 Å². The first-order valence-corrected chi connectivity index (χ1v) is 5.66. The fourth-order valence-electron chi connectivity index (χ4n) is 1.75. The molecule has 17 heavy (non-hydrogen) atoms. The minimum absolute atomic E-state index is 0.536. The smallest absolute Gasteiger partial charge is 0.132 e. The average molecular weight is 227 g/mol. The van der Waals surface area contributed by atoms with Gasteiger partial charge in [0.05, 0.1) is 0 Å². The van der Waals surface area contributed by atoms with Crippen molar-refractivity contribution in [3.8, 4) is 0 Å². The largest absolute Gasteiger partial charge is 0.329 e. The van der Waals surface area contributed by atoms with E-state index in [-0.39, 0.29) is 0 Å². The zero-order chi connectivity index (χ0) is 12.3. The van der Waals surface area contributed by atoms with Gasteiger partial charge in [0.1, 0.15) is 5.82 Å². The zero-order valence-electron chi connectivity index (χ0n) is 10.2. The first kappa shape index (κ1) is 11.6. The lowest BCUT2D eigenvalue weighted by molar-refractivity contribution is 1.01. The summed E-state index contributed by atoms with van der Waals surface area (Å²) in [5.41, 5.74) is 9.03. The third-order valence-corrected chi connectivity index (χ3v) is 2.91. The van der Waals surface area contributed by atoms with Crippen molar-refractivity contribution in [3.63, 3.8) is 0 Å². The number of nitrogens with zero attached hydrogens (tertiary/aromatic N) is 2. The van der Waals surface area contributed by atoms with Gasteiger partial charge in [0.2, 0.25) is 0 Å². The molecule has 0 atom stereocenters.